The molecule has 0 aliphatic heterocycles. The van der Waals surface area contributed by atoms with Crippen molar-refractivity contribution in [2.75, 3.05) is 0 Å². The number of benzene rings is 1. The van der Waals surface area contributed by atoms with E-state index < -0.39 is 6.10 Å². The number of halogens is 1. The van der Waals surface area contributed by atoms with Crippen LogP contribution in [0.5, 0.6) is 5.75 Å². The van der Waals surface area contributed by atoms with Crippen molar-refractivity contribution in [2.24, 2.45) is 0 Å². The summed E-state index contributed by atoms with van der Waals surface area (Å²) in [5, 5.41) is 2.99. The highest BCUT2D eigenvalue weighted by Gasteiger charge is 2.23. The van der Waals surface area contributed by atoms with Gasteiger partial charge in [-0.3, -0.25) is 4.79 Å². The van der Waals surface area contributed by atoms with Crippen LogP contribution in [0.4, 0.5) is 0 Å². The lowest BCUT2D eigenvalue weighted by molar-refractivity contribution is -0.128. The molecule has 0 spiro atoms. The minimum absolute atomic E-state index is 0.0879. The SMILES string of the molecule is CCC(C)(C)NC(=O)C(C)Oc1cc(C)c(Br)c(C)c1. The van der Waals surface area contributed by atoms with Crippen molar-refractivity contribution < 1.29 is 9.53 Å². The summed E-state index contributed by atoms with van der Waals surface area (Å²) in [5.74, 6) is 0.634. The van der Waals surface area contributed by atoms with Crippen molar-refractivity contribution in [3.8, 4) is 5.75 Å². The molecule has 1 amide bonds. The Morgan fingerprint density at radius 2 is 1.85 bits per heavy atom. The molecular weight excluding hydrogens is 318 g/mol. The zero-order valence-electron chi connectivity index (χ0n) is 13.1. The Bertz CT molecular complexity index is 474. The predicted octanol–water partition coefficient (Wildman–Crippen LogP) is 4.14. The third-order valence-electron chi connectivity index (χ3n) is 3.44. The Labute approximate surface area is 130 Å². The van der Waals surface area contributed by atoms with Crippen LogP contribution in [0, 0.1) is 13.8 Å². The number of hydrogen-bond donors (Lipinski definition) is 1. The number of aryl methyl sites for hydroxylation is 2. The van der Waals surface area contributed by atoms with E-state index >= 15 is 0 Å². The normalized spacial score (nSPS) is 12.9. The first-order valence-corrected chi connectivity index (χ1v) is 7.71. The number of rotatable bonds is 5. The summed E-state index contributed by atoms with van der Waals surface area (Å²) < 4.78 is 6.83. The molecule has 1 N–H and O–H groups in total. The fraction of sp³-hybridized carbons (Fsp3) is 0.562. The molecule has 0 saturated heterocycles. The summed E-state index contributed by atoms with van der Waals surface area (Å²) in [6.07, 6.45) is 0.364. The first-order chi connectivity index (χ1) is 9.16. The van der Waals surface area contributed by atoms with Gasteiger partial charge >= 0.3 is 0 Å². The summed E-state index contributed by atoms with van der Waals surface area (Å²) in [5.41, 5.74) is 1.99. The average Bonchev–Trinajstić information content (AvgIpc) is 2.35. The quantitative estimate of drug-likeness (QED) is 0.873. The smallest absolute Gasteiger partial charge is 0.261 e. The minimum Gasteiger partial charge on any atom is -0.481 e. The van der Waals surface area contributed by atoms with Gasteiger partial charge in [0.2, 0.25) is 0 Å². The third-order valence-corrected chi connectivity index (χ3v) is 4.69. The van der Waals surface area contributed by atoms with Gasteiger partial charge in [-0.2, -0.15) is 0 Å². The highest BCUT2D eigenvalue weighted by Crippen LogP contribution is 2.27. The molecule has 0 fully saturated rings. The van der Waals surface area contributed by atoms with Gasteiger partial charge in [-0.05, 0) is 64.3 Å². The first kappa shape index (κ1) is 17.0. The van der Waals surface area contributed by atoms with Crippen molar-refractivity contribution in [1.29, 1.82) is 0 Å². The van der Waals surface area contributed by atoms with E-state index in [2.05, 4.69) is 21.2 Å². The molecule has 0 bridgehead atoms. The van der Waals surface area contributed by atoms with Crippen molar-refractivity contribution in [1.82, 2.24) is 5.32 Å². The Balaban J connectivity index is 2.76. The largest absolute Gasteiger partial charge is 0.481 e. The first-order valence-electron chi connectivity index (χ1n) is 6.91. The van der Waals surface area contributed by atoms with Crippen LogP contribution < -0.4 is 10.1 Å². The molecule has 112 valence electrons. The van der Waals surface area contributed by atoms with Gasteiger partial charge in [-0.15, -0.1) is 0 Å². The van der Waals surface area contributed by atoms with Gasteiger partial charge in [0, 0.05) is 10.0 Å². The van der Waals surface area contributed by atoms with Gasteiger partial charge in [0.25, 0.3) is 5.91 Å². The molecule has 0 aromatic heterocycles. The van der Waals surface area contributed by atoms with E-state index in [0.717, 1.165) is 27.8 Å². The van der Waals surface area contributed by atoms with Gasteiger partial charge in [0.05, 0.1) is 0 Å². The monoisotopic (exact) mass is 341 g/mol. The topological polar surface area (TPSA) is 38.3 Å². The number of carbonyl (C=O) groups is 1. The summed E-state index contributed by atoms with van der Waals surface area (Å²) >= 11 is 3.52. The fourth-order valence-electron chi connectivity index (χ4n) is 1.76. The maximum Gasteiger partial charge on any atom is 0.261 e. The van der Waals surface area contributed by atoms with Crippen LogP contribution in [0.25, 0.3) is 0 Å². The van der Waals surface area contributed by atoms with Crippen molar-refractivity contribution in [3.05, 3.63) is 27.7 Å². The average molecular weight is 342 g/mol. The summed E-state index contributed by atoms with van der Waals surface area (Å²) in [6.45, 7) is 11.8. The maximum absolute atomic E-state index is 12.1. The molecule has 20 heavy (non-hydrogen) atoms. The molecule has 1 unspecified atom stereocenters. The highest BCUT2D eigenvalue weighted by atomic mass is 79.9. The van der Waals surface area contributed by atoms with Crippen molar-refractivity contribution in [3.63, 3.8) is 0 Å². The lowest BCUT2D eigenvalue weighted by atomic mass is 10.0. The van der Waals surface area contributed by atoms with Gasteiger partial charge in [0.1, 0.15) is 5.75 Å². The van der Waals surface area contributed by atoms with Crippen LogP contribution in [0.1, 0.15) is 45.2 Å². The van der Waals surface area contributed by atoms with E-state index in [9.17, 15) is 4.79 Å². The van der Waals surface area contributed by atoms with Crippen LogP contribution in [0.2, 0.25) is 0 Å². The lowest BCUT2D eigenvalue weighted by Crippen LogP contribution is -2.48. The molecule has 3 nitrogen and oxygen atoms in total. The zero-order chi connectivity index (χ0) is 15.5. The number of ether oxygens (including phenoxy) is 1. The van der Waals surface area contributed by atoms with E-state index in [4.69, 9.17) is 4.74 Å². The molecule has 0 heterocycles. The Morgan fingerprint density at radius 3 is 2.30 bits per heavy atom. The van der Waals surface area contributed by atoms with Crippen molar-refractivity contribution in [2.45, 2.75) is 59.6 Å². The Morgan fingerprint density at radius 1 is 1.35 bits per heavy atom. The Hall–Kier alpha value is -1.03. The van der Waals surface area contributed by atoms with Crippen LogP contribution in [-0.4, -0.2) is 17.6 Å². The van der Waals surface area contributed by atoms with Crippen LogP contribution in [0.15, 0.2) is 16.6 Å². The van der Waals surface area contributed by atoms with Gasteiger partial charge in [0.15, 0.2) is 6.10 Å². The second kappa shape index (κ2) is 6.61. The van der Waals surface area contributed by atoms with Gasteiger partial charge < -0.3 is 10.1 Å². The molecule has 1 atom stereocenters. The van der Waals surface area contributed by atoms with Crippen molar-refractivity contribution >= 4 is 21.8 Å². The van der Waals surface area contributed by atoms with Crippen LogP contribution in [-0.2, 0) is 4.79 Å². The summed E-state index contributed by atoms with van der Waals surface area (Å²) in [7, 11) is 0. The number of nitrogens with one attached hydrogen (secondary N) is 1. The Kier molecular flexibility index (Phi) is 5.63. The fourth-order valence-corrected chi connectivity index (χ4v) is 1.98. The summed E-state index contributed by atoms with van der Waals surface area (Å²) in [6, 6.07) is 3.87. The molecular formula is C16H24BrNO2. The second-order valence-corrected chi connectivity index (χ2v) is 6.65. The third kappa shape index (κ3) is 4.51. The van der Waals surface area contributed by atoms with E-state index in [1.807, 2.05) is 46.8 Å². The molecule has 1 aromatic carbocycles. The molecule has 0 aliphatic carbocycles. The number of hydrogen-bond acceptors (Lipinski definition) is 2. The molecule has 4 heteroatoms. The van der Waals surface area contributed by atoms with Gasteiger partial charge in [-0.25, -0.2) is 0 Å². The standard InChI is InChI=1S/C16H24BrNO2/c1-7-16(5,6)18-15(19)12(4)20-13-8-10(2)14(17)11(3)9-13/h8-9,12H,7H2,1-6H3,(H,18,19). The molecule has 0 aliphatic rings. The molecule has 0 saturated carbocycles. The number of carbonyl (C=O) groups excluding carboxylic acids is 1. The highest BCUT2D eigenvalue weighted by molar-refractivity contribution is 9.10. The van der Waals surface area contributed by atoms with Crippen LogP contribution >= 0.6 is 15.9 Å². The zero-order valence-corrected chi connectivity index (χ0v) is 14.7. The summed E-state index contributed by atoms with van der Waals surface area (Å²) in [4.78, 5) is 12.1. The number of amides is 1. The van der Waals surface area contributed by atoms with E-state index in [-0.39, 0.29) is 11.4 Å². The van der Waals surface area contributed by atoms with E-state index in [1.165, 1.54) is 0 Å². The predicted molar refractivity (Wildman–Crippen MR) is 86.2 cm³/mol. The minimum atomic E-state index is -0.513. The molecule has 1 rings (SSSR count). The van der Waals surface area contributed by atoms with Crippen LogP contribution in [0.3, 0.4) is 0 Å². The second-order valence-electron chi connectivity index (χ2n) is 5.86. The van der Waals surface area contributed by atoms with E-state index in [0.29, 0.717) is 0 Å². The lowest BCUT2D eigenvalue weighted by Gasteiger charge is -2.26. The van der Waals surface area contributed by atoms with E-state index in [1.54, 1.807) is 6.92 Å². The molecule has 1 aromatic rings. The molecule has 0 radical (unpaired) electrons. The maximum atomic E-state index is 12.1. The van der Waals surface area contributed by atoms with Gasteiger partial charge in [-0.1, -0.05) is 22.9 Å².